The predicted molar refractivity (Wildman–Crippen MR) is 130 cm³/mol. The molecule has 0 aromatic carbocycles. The van der Waals surface area contributed by atoms with Crippen molar-refractivity contribution >= 4 is 18.2 Å². The lowest BCUT2D eigenvalue weighted by Crippen LogP contribution is -2.46. The minimum absolute atomic E-state index is 0.682. The lowest BCUT2D eigenvalue weighted by atomic mass is 10.1. The summed E-state index contributed by atoms with van der Waals surface area (Å²) in [7, 11) is 0. The van der Waals surface area contributed by atoms with Crippen LogP contribution in [0.3, 0.4) is 0 Å². The van der Waals surface area contributed by atoms with E-state index < -0.39 is 0 Å². The van der Waals surface area contributed by atoms with Gasteiger partial charge in [0.1, 0.15) is 5.82 Å². The third-order valence-electron chi connectivity index (χ3n) is 6.24. The monoisotopic (exact) mass is 457 g/mol. The van der Waals surface area contributed by atoms with Gasteiger partial charge < -0.3 is 24.4 Å². The highest BCUT2D eigenvalue weighted by Crippen LogP contribution is 2.29. The second-order valence-electron chi connectivity index (χ2n) is 8.37. The first-order valence-corrected chi connectivity index (χ1v) is 11.5. The van der Waals surface area contributed by atoms with Crippen LogP contribution in [-0.2, 0) is 9.53 Å². The zero-order valence-electron chi connectivity index (χ0n) is 19.0. The van der Waals surface area contributed by atoms with Gasteiger partial charge in [0.2, 0.25) is 12.4 Å². The van der Waals surface area contributed by atoms with E-state index in [9.17, 15) is 4.79 Å². The van der Waals surface area contributed by atoms with Gasteiger partial charge in [0.15, 0.2) is 0 Å². The van der Waals surface area contributed by atoms with Crippen LogP contribution in [0.2, 0.25) is 0 Å². The largest absolute Gasteiger partial charge is 0.380 e. The molecule has 3 aromatic heterocycles. The number of carbonyl (C=O) groups is 1. The van der Waals surface area contributed by atoms with Gasteiger partial charge in [-0.05, 0) is 24.6 Å². The smallest absolute Gasteiger partial charge is 0.225 e. The van der Waals surface area contributed by atoms with Crippen LogP contribution in [-0.4, -0.2) is 83.7 Å². The van der Waals surface area contributed by atoms with Crippen molar-refractivity contribution < 1.29 is 9.53 Å². The summed E-state index contributed by atoms with van der Waals surface area (Å²) in [5.41, 5.74) is 4.36. The Morgan fingerprint density at radius 3 is 2.56 bits per heavy atom. The molecule has 0 aliphatic carbocycles. The van der Waals surface area contributed by atoms with E-state index in [0.717, 1.165) is 79.5 Å². The lowest BCUT2D eigenvalue weighted by molar-refractivity contribution is -0.118. The summed E-state index contributed by atoms with van der Waals surface area (Å²) in [5.74, 6) is 4.42. The predicted octanol–water partition coefficient (Wildman–Crippen LogP) is 2.02. The van der Waals surface area contributed by atoms with Gasteiger partial charge in [0.05, 0.1) is 17.9 Å². The summed E-state index contributed by atoms with van der Waals surface area (Å²) in [6.45, 7) is 6.00. The molecule has 5 heterocycles. The van der Waals surface area contributed by atoms with Gasteiger partial charge in [-0.3, -0.25) is 9.78 Å². The van der Waals surface area contributed by atoms with Gasteiger partial charge in [0.25, 0.3) is 0 Å². The first-order chi connectivity index (χ1) is 16.7. The number of anilines is 2. The zero-order chi connectivity index (χ0) is 23.3. The normalized spacial score (nSPS) is 16.7. The number of hydrogen-bond acceptors (Lipinski definition) is 7. The van der Waals surface area contributed by atoms with Crippen molar-refractivity contribution in [3.8, 4) is 34.9 Å². The number of carbonyl (C=O) groups excluding carboxylic acids is 1. The van der Waals surface area contributed by atoms with Gasteiger partial charge in [0, 0.05) is 81.3 Å². The molecule has 2 saturated heterocycles. The Hall–Kier alpha value is -3.90. The zero-order valence-corrected chi connectivity index (χ0v) is 19.0. The third-order valence-corrected chi connectivity index (χ3v) is 6.24. The van der Waals surface area contributed by atoms with Gasteiger partial charge in [-0.1, -0.05) is 5.92 Å². The number of H-pyrrole nitrogens is 1. The Morgan fingerprint density at radius 1 is 0.971 bits per heavy atom. The van der Waals surface area contributed by atoms with Crippen molar-refractivity contribution in [3.05, 3.63) is 42.4 Å². The third kappa shape index (κ3) is 4.58. The average Bonchev–Trinajstić information content (AvgIpc) is 3.15. The number of pyridine rings is 1. The molecule has 0 spiro atoms. The maximum atomic E-state index is 11.0. The summed E-state index contributed by atoms with van der Waals surface area (Å²) in [6, 6.07) is 5.95. The summed E-state index contributed by atoms with van der Waals surface area (Å²) in [5, 5.41) is 0. The second kappa shape index (κ2) is 9.93. The van der Waals surface area contributed by atoms with Crippen molar-refractivity contribution in [1.29, 1.82) is 0 Å². The van der Waals surface area contributed by atoms with Crippen LogP contribution >= 0.6 is 0 Å². The molecule has 34 heavy (non-hydrogen) atoms. The number of nitrogens with zero attached hydrogens (tertiary/aromatic N) is 6. The van der Waals surface area contributed by atoms with Crippen LogP contribution in [0.25, 0.3) is 22.5 Å². The highest BCUT2D eigenvalue weighted by atomic mass is 16.5. The van der Waals surface area contributed by atoms with Gasteiger partial charge >= 0.3 is 0 Å². The molecule has 0 bridgehead atoms. The molecular weight excluding hydrogens is 430 g/mol. The Morgan fingerprint density at radius 2 is 1.79 bits per heavy atom. The van der Waals surface area contributed by atoms with Crippen LogP contribution in [0.5, 0.6) is 0 Å². The summed E-state index contributed by atoms with van der Waals surface area (Å²) in [6.07, 6.45) is 13.1. The molecule has 0 saturated carbocycles. The molecule has 9 nitrogen and oxygen atoms in total. The molecule has 0 radical (unpaired) electrons. The standard InChI is InChI=1S/C25H27N7O2/c1-2-19-14-23(29-24(19)31-9-7-30(18-33)8-10-31)20-4-5-26-22(15-20)21-16-27-25(28-17-21)32-6-3-12-34-13-11-32/h1,4-5,14-18,29H,3,6-13H2. The molecule has 5 rings (SSSR count). The van der Waals surface area contributed by atoms with Crippen LogP contribution in [0, 0.1) is 12.3 Å². The van der Waals surface area contributed by atoms with Crippen LogP contribution in [0.15, 0.2) is 36.8 Å². The summed E-state index contributed by atoms with van der Waals surface area (Å²) in [4.78, 5) is 34.3. The fraction of sp³-hybridized carbons (Fsp3) is 0.360. The van der Waals surface area contributed by atoms with E-state index in [-0.39, 0.29) is 0 Å². The molecule has 0 unspecified atom stereocenters. The van der Waals surface area contributed by atoms with Crippen molar-refractivity contribution in [3.63, 3.8) is 0 Å². The van der Waals surface area contributed by atoms with E-state index in [1.807, 2.05) is 30.6 Å². The van der Waals surface area contributed by atoms with E-state index in [0.29, 0.717) is 25.6 Å². The molecule has 2 aliphatic heterocycles. The van der Waals surface area contributed by atoms with E-state index >= 15 is 0 Å². The van der Waals surface area contributed by atoms with Crippen molar-refractivity contribution in [1.82, 2.24) is 24.8 Å². The average molecular weight is 458 g/mol. The molecule has 2 fully saturated rings. The minimum Gasteiger partial charge on any atom is -0.380 e. The fourth-order valence-electron chi connectivity index (χ4n) is 4.33. The van der Waals surface area contributed by atoms with E-state index in [2.05, 4.69) is 35.7 Å². The molecule has 1 N–H and O–H groups in total. The summed E-state index contributed by atoms with van der Waals surface area (Å²) < 4.78 is 5.52. The Bertz CT molecular complexity index is 1170. The molecule has 3 aromatic rings. The van der Waals surface area contributed by atoms with Crippen LogP contribution < -0.4 is 9.80 Å². The number of hydrogen-bond donors (Lipinski definition) is 1. The van der Waals surface area contributed by atoms with E-state index in [1.165, 1.54) is 0 Å². The van der Waals surface area contributed by atoms with E-state index in [1.54, 1.807) is 11.1 Å². The Labute approximate surface area is 198 Å². The maximum absolute atomic E-state index is 11.0. The molecular formula is C25H27N7O2. The van der Waals surface area contributed by atoms with Crippen LogP contribution in [0.1, 0.15) is 12.0 Å². The van der Waals surface area contributed by atoms with Crippen molar-refractivity contribution in [2.75, 3.05) is 62.3 Å². The fourth-order valence-corrected chi connectivity index (χ4v) is 4.33. The lowest BCUT2D eigenvalue weighted by Gasteiger charge is -2.33. The number of amides is 1. The highest BCUT2D eigenvalue weighted by molar-refractivity contribution is 5.73. The number of ether oxygens (including phenoxy) is 1. The number of terminal acetylenes is 1. The molecule has 2 aliphatic rings. The molecule has 174 valence electrons. The first-order valence-electron chi connectivity index (χ1n) is 11.5. The van der Waals surface area contributed by atoms with Gasteiger partial charge in [-0.25, -0.2) is 9.97 Å². The van der Waals surface area contributed by atoms with Crippen LogP contribution in [0.4, 0.5) is 11.8 Å². The number of aromatic nitrogens is 4. The maximum Gasteiger partial charge on any atom is 0.225 e. The quantitative estimate of drug-likeness (QED) is 0.463. The Balaban J connectivity index is 1.36. The highest BCUT2D eigenvalue weighted by Gasteiger charge is 2.20. The number of nitrogens with one attached hydrogen (secondary N) is 1. The SMILES string of the molecule is C#Cc1cc(-c2ccnc(-c3cnc(N4CCCOCC4)nc3)c2)[nH]c1N1CCN(C=O)CC1. The summed E-state index contributed by atoms with van der Waals surface area (Å²) >= 11 is 0. The molecule has 9 heteroatoms. The molecule has 1 amide bonds. The molecule has 0 atom stereocenters. The Kier molecular flexibility index (Phi) is 6.40. The number of aromatic amines is 1. The topological polar surface area (TPSA) is 90.5 Å². The first kappa shape index (κ1) is 21.9. The second-order valence-corrected chi connectivity index (χ2v) is 8.37. The van der Waals surface area contributed by atoms with E-state index in [4.69, 9.17) is 11.2 Å². The minimum atomic E-state index is 0.682. The van der Waals surface area contributed by atoms with Crippen molar-refractivity contribution in [2.45, 2.75) is 6.42 Å². The van der Waals surface area contributed by atoms with Gasteiger partial charge in [-0.15, -0.1) is 6.42 Å². The number of piperazine rings is 1. The number of rotatable bonds is 5. The van der Waals surface area contributed by atoms with Gasteiger partial charge in [-0.2, -0.15) is 0 Å². The van der Waals surface area contributed by atoms with Crippen molar-refractivity contribution in [2.24, 2.45) is 0 Å².